The van der Waals surface area contributed by atoms with Gasteiger partial charge in [0.05, 0.1) is 4.90 Å². The molecule has 1 saturated heterocycles. The van der Waals surface area contributed by atoms with E-state index in [-0.39, 0.29) is 22.9 Å². The number of nitrogens with zero attached hydrogens (tertiary/aromatic N) is 2. The number of urea groups is 1. The molecule has 0 aliphatic carbocycles. The number of para-hydroxylation sites is 1. The number of nitrogens with one attached hydrogen (secondary N) is 1. The molecule has 0 saturated carbocycles. The molecule has 8 heteroatoms. The van der Waals surface area contributed by atoms with Crippen molar-refractivity contribution in [2.45, 2.75) is 30.2 Å². The van der Waals surface area contributed by atoms with Gasteiger partial charge in [0.15, 0.2) is 9.84 Å². The minimum Gasteiger partial charge on any atom is -0.338 e. The number of hydrogen-bond acceptors (Lipinski definition) is 4. The van der Waals surface area contributed by atoms with E-state index in [0.29, 0.717) is 38.0 Å². The van der Waals surface area contributed by atoms with Crippen molar-refractivity contribution in [1.82, 2.24) is 10.2 Å². The monoisotopic (exact) mass is 427 g/mol. The lowest BCUT2D eigenvalue weighted by atomic mass is 10.0. The summed E-state index contributed by atoms with van der Waals surface area (Å²) in [5.74, 6) is -0.117. The Morgan fingerprint density at radius 1 is 0.967 bits per heavy atom. The van der Waals surface area contributed by atoms with E-state index in [2.05, 4.69) is 11.4 Å². The Labute approximate surface area is 176 Å². The van der Waals surface area contributed by atoms with E-state index in [1.807, 2.05) is 18.2 Å². The number of hydrogen-bond donors (Lipinski definition) is 1. The van der Waals surface area contributed by atoms with Crippen molar-refractivity contribution in [3.05, 3.63) is 59.7 Å². The van der Waals surface area contributed by atoms with Gasteiger partial charge in [-0.15, -0.1) is 0 Å². The summed E-state index contributed by atoms with van der Waals surface area (Å²) >= 11 is 0. The van der Waals surface area contributed by atoms with Crippen molar-refractivity contribution in [2.24, 2.45) is 0 Å². The van der Waals surface area contributed by atoms with E-state index < -0.39 is 9.84 Å². The van der Waals surface area contributed by atoms with Gasteiger partial charge in [0, 0.05) is 43.2 Å². The van der Waals surface area contributed by atoms with Crippen LogP contribution in [0.25, 0.3) is 0 Å². The molecule has 2 aromatic rings. The summed E-state index contributed by atoms with van der Waals surface area (Å²) in [6.07, 6.45) is 3.39. The van der Waals surface area contributed by atoms with Gasteiger partial charge in [0.2, 0.25) is 0 Å². The van der Waals surface area contributed by atoms with Crippen molar-refractivity contribution in [3.63, 3.8) is 0 Å². The second-order valence-corrected chi connectivity index (χ2v) is 9.86. The maximum atomic E-state index is 12.7. The van der Waals surface area contributed by atoms with Gasteiger partial charge in [-0.2, -0.15) is 0 Å². The summed E-state index contributed by atoms with van der Waals surface area (Å²) in [7, 11) is -3.28. The van der Waals surface area contributed by atoms with Gasteiger partial charge in [-0.3, -0.25) is 9.69 Å². The Kier molecular flexibility index (Phi) is 5.51. The first-order chi connectivity index (χ1) is 14.3. The highest BCUT2D eigenvalue weighted by atomic mass is 32.2. The van der Waals surface area contributed by atoms with E-state index in [4.69, 9.17) is 0 Å². The van der Waals surface area contributed by atoms with Gasteiger partial charge in [-0.1, -0.05) is 18.2 Å². The molecule has 30 heavy (non-hydrogen) atoms. The van der Waals surface area contributed by atoms with Gasteiger partial charge in [-0.25, -0.2) is 13.2 Å². The van der Waals surface area contributed by atoms with Gasteiger partial charge < -0.3 is 10.2 Å². The van der Waals surface area contributed by atoms with Crippen LogP contribution in [0.3, 0.4) is 0 Å². The number of sulfone groups is 1. The van der Waals surface area contributed by atoms with E-state index in [1.165, 1.54) is 17.7 Å². The molecule has 0 radical (unpaired) electrons. The second kappa shape index (κ2) is 8.10. The predicted molar refractivity (Wildman–Crippen MR) is 115 cm³/mol. The minimum atomic E-state index is -3.28. The molecule has 1 N–H and O–H groups in total. The third-order valence-electron chi connectivity index (χ3n) is 5.77. The van der Waals surface area contributed by atoms with Crippen LogP contribution < -0.4 is 10.2 Å². The van der Waals surface area contributed by atoms with Crippen LogP contribution in [0, 0.1) is 0 Å². The molecule has 1 fully saturated rings. The third kappa shape index (κ3) is 4.18. The Morgan fingerprint density at radius 2 is 1.63 bits per heavy atom. The zero-order chi connectivity index (χ0) is 21.3. The molecule has 4 rings (SSSR count). The van der Waals surface area contributed by atoms with Crippen molar-refractivity contribution in [2.75, 3.05) is 30.8 Å². The Bertz CT molecular complexity index is 1060. The Morgan fingerprint density at radius 3 is 2.30 bits per heavy atom. The summed E-state index contributed by atoms with van der Waals surface area (Å²) in [5, 5.41) is 3.11. The summed E-state index contributed by atoms with van der Waals surface area (Å²) < 4.78 is 23.1. The Balaban J connectivity index is 1.32. The topological polar surface area (TPSA) is 86.8 Å². The number of carbonyl (C=O) groups is 2. The van der Waals surface area contributed by atoms with Crippen LogP contribution in [0.5, 0.6) is 0 Å². The fourth-order valence-electron chi connectivity index (χ4n) is 4.06. The smallest absolute Gasteiger partial charge is 0.322 e. The van der Waals surface area contributed by atoms with E-state index >= 15 is 0 Å². The van der Waals surface area contributed by atoms with Crippen LogP contribution in [0.15, 0.2) is 53.4 Å². The minimum absolute atomic E-state index is 0.0296. The number of carbonyl (C=O) groups excluding carboxylic acids is 2. The number of rotatable bonds is 3. The molecular weight excluding hydrogens is 402 g/mol. The number of anilines is 1. The highest BCUT2D eigenvalue weighted by Gasteiger charge is 2.29. The first-order valence-electron chi connectivity index (χ1n) is 10.1. The number of benzene rings is 2. The molecule has 2 aromatic carbocycles. The predicted octanol–water partition coefficient (Wildman–Crippen LogP) is 2.47. The first kappa shape index (κ1) is 20.4. The third-order valence-corrected chi connectivity index (χ3v) is 6.90. The summed E-state index contributed by atoms with van der Waals surface area (Å²) in [6, 6.07) is 13.9. The van der Waals surface area contributed by atoms with Crippen molar-refractivity contribution < 1.29 is 18.0 Å². The molecule has 0 unspecified atom stereocenters. The molecule has 0 aromatic heterocycles. The lowest BCUT2D eigenvalue weighted by molar-refractivity contribution is 0.0708. The van der Waals surface area contributed by atoms with Crippen molar-refractivity contribution >= 4 is 27.5 Å². The van der Waals surface area contributed by atoms with Gasteiger partial charge >= 0.3 is 6.03 Å². The zero-order valence-electron chi connectivity index (χ0n) is 16.9. The van der Waals surface area contributed by atoms with Crippen molar-refractivity contribution in [1.29, 1.82) is 0 Å². The molecular formula is C22H25N3O4S. The quantitative estimate of drug-likeness (QED) is 0.815. The van der Waals surface area contributed by atoms with Crippen LogP contribution in [-0.2, 0) is 16.3 Å². The largest absolute Gasteiger partial charge is 0.338 e. The summed E-state index contributed by atoms with van der Waals surface area (Å²) in [4.78, 5) is 29.2. The molecule has 7 nitrogen and oxygen atoms in total. The zero-order valence-corrected chi connectivity index (χ0v) is 17.7. The standard InChI is InChI=1S/C22H25N3O4S/c1-30(28,29)19-8-6-17(7-9-19)21(26)24-13-11-18(12-14-24)23-22(27)25-15-10-16-4-2-3-5-20(16)25/h2-9,18H,10-15H2,1H3,(H,23,27). The van der Waals surface area contributed by atoms with E-state index in [9.17, 15) is 18.0 Å². The van der Waals surface area contributed by atoms with Crippen LogP contribution in [0.4, 0.5) is 10.5 Å². The normalized spacial score (nSPS) is 17.0. The average molecular weight is 428 g/mol. The number of likely N-dealkylation sites (tertiary alicyclic amines) is 1. The number of piperidine rings is 1. The molecule has 3 amide bonds. The van der Waals surface area contributed by atoms with Crippen LogP contribution >= 0.6 is 0 Å². The maximum absolute atomic E-state index is 12.7. The highest BCUT2D eigenvalue weighted by Crippen LogP contribution is 2.27. The molecule has 0 bridgehead atoms. The molecule has 2 aliphatic rings. The fraction of sp³-hybridized carbons (Fsp3) is 0.364. The average Bonchev–Trinajstić information content (AvgIpc) is 3.18. The molecule has 2 heterocycles. The number of amides is 3. The Hall–Kier alpha value is -2.87. The second-order valence-electron chi connectivity index (χ2n) is 7.84. The summed E-state index contributed by atoms with van der Waals surface area (Å²) in [5.41, 5.74) is 2.63. The first-order valence-corrected chi connectivity index (χ1v) is 12.0. The maximum Gasteiger partial charge on any atom is 0.322 e. The fourth-order valence-corrected chi connectivity index (χ4v) is 4.69. The van der Waals surface area contributed by atoms with Crippen LogP contribution in [0.2, 0.25) is 0 Å². The van der Waals surface area contributed by atoms with Gasteiger partial charge in [-0.05, 0) is 55.2 Å². The molecule has 2 aliphatic heterocycles. The molecule has 0 spiro atoms. The van der Waals surface area contributed by atoms with Crippen LogP contribution in [-0.4, -0.2) is 57.2 Å². The molecule has 0 atom stereocenters. The van der Waals surface area contributed by atoms with Gasteiger partial charge in [0.1, 0.15) is 0 Å². The van der Waals surface area contributed by atoms with Crippen molar-refractivity contribution in [3.8, 4) is 0 Å². The molecule has 158 valence electrons. The number of fused-ring (bicyclic) bond motifs is 1. The van der Waals surface area contributed by atoms with Gasteiger partial charge in [0.25, 0.3) is 5.91 Å². The SMILES string of the molecule is CS(=O)(=O)c1ccc(C(=O)N2CCC(NC(=O)N3CCc4ccccc43)CC2)cc1. The van der Waals surface area contributed by atoms with E-state index in [1.54, 1.807) is 21.9 Å². The summed E-state index contributed by atoms with van der Waals surface area (Å²) in [6.45, 7) is 1.79. The van der Waals surface area contributed by atoms with E-state index in [0.717, 1.165) is 18.4 Å². The lowest BCUT2D eigenvalue weighted by Gasteiger charge is -2.33. The lowest BCUT2D eigenvalue weighted by Crippen LogP contribution is -2.50. The highest BCUT2D eigenvalue weighted by molar-refractivity contribution is 7.90. The van der Waals surface area contributed by atoms with Crippen LogP contribution in [0.1, 0.15) is 28.8 Å².